The Kier molecular flexibility index (Phi) is 7.57. The third-order valence-electron chi connectivity index (χ3n) is 5.39. The lowest BCUT2D eigenvalue weighted by Crippen LogP contribution is -2.50. The van der Waals surface area contributed by atoms with Crippen molar-refractivity contribution in [3.63, 3.8) is 0 Å². The summed E-state index contributed by atoms with van der Waals surface area (Å²) in [6, 6.07) is 8.69. The number of benzene rings is 1. The van der Waals surface area contributed by atoms with E-state index >= 15 is 0 Å². The molecule has 2 rings (SSSR count). The third-order valence-corrected chi connectivity index (χ3v) is 5.39. The van der Waals surface area contributed by atoms with Gasteiger partial charge in [0.1, 0.15) is 6.04 Å². The molecule has 1 aliphatic carbocycles. The molecule has 1 saturated carbocycles. The molecule has 1 aromatic rings. The van der Waals surface area contributed by atoms with Crippen molar-refractivity contribution in [2.45, 2.75) is 58.0 Å². The molecule has 0 heterocycles. The number of aliphatic hydroxyl groups is 1. The fourth-order valence-corrected chi connectivity index (χ4v) is 3.31. The molecule has 3 amide bonds. The van der Waals surface area contributed by atoms with Gasteiger partial charge < -0.3 is 21.5 Å². The van der Waals surface area contributed by atoms with Gasteiger partial charge in [-0.05, 0) is 45.1 Å². The first kappa shape index (κ1) is 21.9. The van der Waals surface area contributed by atoms with Crippen molar-refractivity contribution in [3.05, 3.63) is 35.9 Å². The standard InChI is InChI=1S/C21H31N3O4/c1-21(2,13-25)20(28)23-16-10-8-15(9-11-16)19(27)24-17(18(22)26)12-14-6-4-3-5-7-14/h3-7,15-17,25H,8-13H2,1-2H3,(H2,22,26)(H,23,28)(H,24,27)/t15?,16?,17-/m0/s1. The van der Waals surface area contributed by atoms with E-state index in [0.29, 0.717) is 32.1 Å². The van der Waals surface area contributed by atoms with Crippen molar-refractivity contribution < 1.29 is 19.5 Å². The second kappa shape index (κ2) is 9.68. The minimum Gasteiger partial charge on any atom is -0.395 e. The Hall–Kier alpha value is -2.41. The Labute approximate surface area is 166 Å². The highest BCUT2D eigenvalue weighted by molar-refractivity contribution is 5.88. The molecule has 1 aromatic carbocycles. The van der Waals surface area contributed by atoms with Crippen LogP contribution >= 0.6 is 0 Å². The van der Waals surface area contributed by atoms with Gasteiger partial charge in [0.2, 0.25) is 17.7 Å². The van der Waals surface area contributed by atoms with Crippen molar-refractivity contribution >= 4 is 17.7 Å². The number of hydrogen-bond donors (Lipinski definition) is 4. The molecule has 7 heteroatoms. The smallest absolute Gasteiger partial charge is 0.240 e. The van der Waals surface area contributed by atoms with Crippen molar-refractivity contribution in [2.24, 2.45) is 17.1 Å². The normalized spacial score (nSPS) is 20.8. The Morgan fingerprint density at radius 2 is 1.75 bits per heavy atom. The van der Waals surface area contributed by atoms with Gasteiger partial charge in [-0.3, -0.25) is 14.4 Å². The summed E-state index contributed by atoms with van der Waals surface area (Å²) in [5, 5.41) is 15.0. The predicted molar refractivity (Wildman–Crippen MR) is 106 cm³/mol. The van der Waals surface area contributed by atoms with E-state index < -0.39 is 17.4 Å². The average molecular weight is 389 g/mol. The summed E-state index contributed by atoms with van der Waals surface area (Å²) in [6.45, 7) is 3.17. The Balaban J connectivity index is 1.85. The molecule has 0 radical (unpaired) electrons. The van der Waals surface area contributed by atoms with Gasteiger partial charge in [-0.15, -0.1) is 0 Å². The summed E-state index contributed by atoms with van der Waals surface area (Å²) in [5.41, 5.74) is 5.59. The molecule has 1 aliphatic rings. The van der Waals surface area contributed by atoms with Crippen LogP contribution in [-0.4, -0.2) is 41.5 Å². The lowest BCUT2D eigenvalue weighted by atomic mass is 9.84. The minimum absolute atomic E-state index is 0.00127. The lowest BCUT2D eigenvalue weighted by molar-refractivity contribution is -0.133. The zero-order valence-corrected chi connectivity index (χ0v) is 16.6. The monoisotopic (exact) mass is 389 g/mol. The molecular weight excluding hydrogens is 358 g/mol. The molecule has 1 fully saturated rings. The number of carbonyl (C=O) groups excluding carboxylic acids is 3. The predicted octanol–water partition coefficient (Wildman–Crippen LogP) is 0.893. The molecule has 0 aromatic heterocycles. The van der Waals surface area contributed by atoms with Crippen LogP contribution in [0.2, 0.25) is 0 Å². The van der Waals surface area contributed by atoms with Gasteiger partial charge in [-0.2, -0.15) is 0 Å². The van der Waals surface area contributed by atoms with E-state index in [-0.39, 0.29) is 30.4 Å². The highest BCUT2D eigenvalue weighted by Gasteiger charge is 2.32. The van der Waals surface area contributed by atoms with E-state index in [9.17, 15) is 19.5 Å². The quantitative estimate of drug-likeness (QED) is 0.527. The fraction of sp³-hybridized carbons (Fsp3) is 0.571. The molecule has 5 N–H and O–H groups in total. The van der Waals surface area contributed by atoms with Crippen molar-refractivity contribution in [1.82, 2.24) is 10.6 Å². The summed E-state index contributed by atoms with van der Waals surface area (Å²) >= 11 is 0. The topological polar surface area (TPSA) is 122 Å². The number of amides is 3. The molecule has 0 bridgehead atoms. The van der Waals surface area contributed by atoms with Crippen LogP contribution in [0.5, 0.6) is 0 Å². The molecule has 0 unspecified atom stereocenters. The summed E-state index contributed by atoms with van der Waals surface area (Å²) in [4.78, 5) is 36.5. The number of hydrogen-bond acceptors (Lipinski definition) is 4. The van der Waals surface area contributed by atoms with Crippen LogP contribution in [0.4, 0.5) is 0 Å². The average Bonchev–Trinajstić information content (AvgIpc) is 2.68. The van der Waals surface area contributed by atoms with E-state index in [1.165, 1.54) is 0 Å². The van der Waals surface area contributed by atoms with Crippen LogP contribution in [0.15, 0.2) is 30.3 Å². The summed E-state index contributed by atoms with van der Waals surface area (Å²) in [7, 11) is 0. The summed E-state index contributed by atoms with van der Waals surface area (Å²) in [6.07, 6.45) is 3.00. The van der Waals surface area contributed by atoms with Crippen molar-refractivity contribution in [2.75, 3.05) is 6.61 Å². The van der Waals surface area contributed by atoms with Gasteiger partial charge in [-0.1, -0.05) is 30.3 Å². The maximum Gasteiger partial charge on any atom is 0.240 e. The molecular formula is C21H31N3O4. The summed E-state index contributed by atoms with van der Waals surface area (Å²) < 4.78 is 0. The van der Waals surface area contributed by atoms with Crippen LogP contribution in [0.3, 0.4) is 0 Å². The largest absolute Gasteiger partial charge is 0.395 e. The molecule has 0 aliphatic heterocycles. The van der Waals surface area contributed by atoms with E-state index in [0.717, 1.165) is 5.56 Å². The Morgan fingerprint density at radius 3 is 2.29 bits per heavy atom. The fourth-order valence-electron chi connectivity index (χ4n) is 3.31. The van der Waals surface area contributed by atoms with E-state index in [1.807, 2.05) is 30.3 Å². The van der Waals surface area contributed by atoms with Crippen LogP contribution < -0.4 is 16.4 Å². The van der Waals surface area contributed by atoms with Crippen LogP contribution in [0, 0.1) is 11.3 Å². The van der Waals surface area contributed by atoms with Gasteiger partial charge in [-0.25, -0.2) is 0 Å². The number of nitrogens with two attached hydrogens (primary N) is 1. The van der Waals surface area contributed by atoms with Crippen LogP contribution in [-0.2, 0) is 20.8 Å². The molecule has 0 saturated heterocycles. The van der Waals surface area contributed by atoms with Crippen LogP contribution in [0.1, 0.15) is 45.1 Å². The number of primary amides is 1. The molecule has 0 spiro atoms. The van der Waals surface area contributed by atoms with Gasteiger partial charge in [0, 0.05) is 18.4 Å². The Bertz CT molecular complexity index is 682. The SMILES string of the molecule is CC(C)(CO)C(=O)NC1CCC(C(=O)N[C@@H](Cc2ccccc2)C(N)=O)CC1. The molecule has 7 nitrogen and oxygen atoms in total. The van der Waals surface area contributed by atoms with Crippen molar-refractivity contribution in [3.8, 4) is 0 Å². The Morgan fingerprint density at radius 1 is 1.14 bits per heavy atom. The first-order chi connectivity index (χ1) is 13.2. The first-order valence-electron chi connectivity index (χ1n) is 9.78. The van der Waals surface area contributed by atoms with Gasteiger partial charge in [0.25, 0.3) is 0 Å². The maximum atomic E-state index is 12.6. The zero-order valence-electron chi connectivity index (χ0n) is 16.6. The van der Waals surface area contributed by atoms with E-state index in [4.69, 9.17) is 5.73 Å². The molecule has 154 valence electrons. The van der Waals surface area contributed by atoms with Crippen molar-refractivity contribution in [1.29, 1.82) is 0 Å². The number of aliphatic hydroxyl groups excluding tert-OH is 1. The van der Waals surface area contributed by atoms with E-state index in [2.05, 4.69) is 10.6 Å². The second-order valence-corrected chi connectivity index (χ2v) is 8.22. The number of nitrogens with one attached hydrogen (secondary N) is 2. The number of rotatable bonds is 8. The van der Waals surface area contributed by atoms with E-state index in [1.54, 1.807) is 13.8 Å². The maximum absolute atomic E-state index is 12.6. The first-order valence-corrected chi connectivity index (χ1v) is 9.78. The molecule has 1 atom stereocenters. The van der Waals surface area contributed by atoms with Gasteiger partial charge >= 0.3 is 0 Å². The second-order valence-electron chi connectivity index (χ2n) is 8.22. The summed E-state index contributed by atoms with van der Waals surface area (Å²) in [5.74, 6) is -1.10. The van der Waals surface area contributed by atoms with Gasteiger partial charge in [0.15, 0.2) is 0 Å². The third kappa shape index (κ3) is 6.05. The number of carbonyl (C=O) groups is 3. The molecule has 28 heavy (non-hydrogen) atoms. The van der Waals surface area contributed by atoms with Crippen LogP contribution in [0.25, 0.3) is 0 Å². The van der Waals surface area contributed by atoms with Gasteiger partial charge in [0.05, 0.1) is 12.0 Å². The highest BCUT2D eigenvalue weighted by atomic mass is 16.3. The lowest BCUT2D eigenvalue weighted by Gasteiger charge is -2.31. The minimum atomic E-state index is -0.819. The zero-order chi connectivity index (χ0) is 20.7. The highest BCUT2D eigenvalue weighted by Crippen LogP contribution is 2.26.